The summed E-state index contributed by atoms with van der Waals surface area (Å²) < 4.78 is 1.68. The smallest absolute Gasteiger partial charge is 0.240 e. The minimum atomic E-state index is 0.171. The van der Waals surface area contributed by atoms with E-state index in [4.69, 9.17) is 5.73 Å². The minimum absolute atomic E-state index is 0.171. The standard InChI is InChI=1S/C16H18N4/c1-16(2,3)13-6-4-11(5-7-13)12-8-9-20-14(10-12)18-15(17)19-20/h4-10H,1-3H3,(H2,17,19). The summed E-state index contributed by atoms with van der Waals surface area (Å²) in [5.74, 6) is 0.297. The van der Waals surface area contributed by atoms with E-state index in [1.807, 2.05) is 18.3 Å². The maximum atomic E-state index is 5.60. The van der Waals surface area contributed by atoms with Crippen molar-refractivity contribution in [2.75, 3.05) is 5.73 Å². The van der Waals surface area contributed by atoms with Gasteiger partial charge in [0.25, 0.3) is 0 Å². The molecule has 2 heterocycles. The van der Waals surface area contributed by atoms with Crippen LogP contribution in [0, 0.1) is 0 Å². The van der Waals surface area contributed by atoms with Crippen LogP contribution < -0.4 is 5.73 Å². The second-order valence-electron chi connectivity index (χ2n) is 6.02. The highest BCUT2D eigenvalue weighted by Gasteiger charge is 2.13. The van der Waals surface area contributed by atoms with E-state index in [2.05, 4.69) is 55.1 Å². The van der Waals surface area contributed by atoms with Gasteiger partial charge >= 0.3 is 0 Å². The molecule has 0 aliphatic rings. The minimum Gasteiger partial charge on any atom is -0.366 e. The molecule has 3 aromatic rings. The summed E-state index contributed by atoms with van der Waals surface area (Å²) in [7, 11) is 0. The monoisotopic (exact) mass is 266 g/mol. The number of nitrogens with zero attached hydrogens (tertiary/aromatic N) is 3. The molecule has 2 N–H and O–H groups in total. The fraction of sp³-hybridized carbons (Fsp3) is 0.250. The highest BCUT2D eigenvalue weighted by Crippen LogP contribution is 2.26. The number of fused-ring (bicyclic) bond motifs is 1. The molecule has 0 unspecified atom stereocenters. The first-order chi connectivity index (χ1) is 9.43. The Morgan fingerprint density at radius 3 is 2.35 bits per heavy atom. The van der Waals surface area contributed by atoms with E-state index in [9.17, 15) is 0 Å². The van der Waals surface area contributed by atoms with Crippen molar-refractivity contribution < 1.29 is 0 Å². The fourth-order valence-corrected chi connectivity index (χ4v) is 2.24. The number of benzene rings is 1. The molecular weight excluding hydrogens is 248 g/mol. The van der Waals surface area contributed by atoms with Gasteiger partial charge in [0, 0.05) is 6.20 Å². The van der Waals surface area contributed by atoms with E-state index in [0.29, 0.717) is 5.95 Å². The van der Waals surface area contributed by atoms with Crippen LogP contribution in [0.15, 0.2) is 42.6 Å². The van der Waals surface area contributed by atoms with Gasteiger partial charge in [-0.1, -0.05) is 45.0 Å². The predicted octanol–water partition coefficient (Wildman–Crippen LogP) is 3.28. The fourth-order valence-electron chi connectivity index (χ4n) is 2.24. The Kier molecular flexibility index (Phi) is 2.74. The van der Waals surface area contributed by atoms with Crippen molar-refractivity contribution in [1.82, 2.24) is 14.6 Å². The molecule has 20 heavy (non-hydrogen) atoms. The van der Waals surface area contributed by atoms with E-state index < -0.39 is 0 Å². The lowest BCUT2D eigenvalue weighted by Crippen LogP contribution is -2.10. The van der Waals surface area contributed by atoms with Crippen LogP contribution in [0.25, 0.3) is 16.8 Å². The number of rotatable bonds is 1. The highest BCUT2D eigenvalue weighted by molar-refractivity contribution is 5.67. The molecule has 0 fully saturated rings. The summed E-state index contributed by atoms with van der Waals surface area (Å²) >= 11 is 0. The molecule has 4 nitrogen and oxygen atoms in total. The molecule has 3 rings (SSSR count). The Morgan fingerprint density at radius 1 is 1.00 bits per heavy atom. The van der Waals surface area contributed by atoms with E-state index in [0.717, 1.165) is 11.2 Å². The van der Waals surface area contributed by atoms with E-state index >= 15 is 0 Å². The lowest BCUT2D eigenvalue weighted by Gasteiger charge is -2.19. The summed E-state index contributed by atoms with van der Waals surface area (Å²) in [6.45, 7) is 6.65. The predicted molar refractivity (Wildman–Crippen MR) is 81.5 cm³/mol. The molecule has 0 aliphatic heterocycles. The topological polar surface area (TPSA) is 56.2 Å². The van der Waals surface area contributed by atoms with Crippen LogP contribution in [-0.2, 0) is 5.41 Å². The molecule has 0 saturated carbocycles. The van der Waals surface area contributed by atoms with Gasteiger partial charge in [-0.25, -0.2) is 4.52 Å². The van der Waals surface area contributed by atoms with Gasteiger partial charge in [0.1, 0.15) is 0 Å². The van der Waals surface area contributed by atoms with Crippen molar-refractivity contribution in [3.05, 3.63) is 48.2 Å². The van der Waals surface area contributed by atoms with Crippen molar-refractivity contribution in [3.8, 4) is 11.1 Å². The highest BCUT2D eigenvalue weighted by atomic mass is 15.3. The summed E-state index contributed by atoms with van der Waals surface area (Å²) in [6, 6.07) is 12.7. The molecule has 0 aliphatic carbocycles. The maximum absolute atomic E-state index is 5.60. The van der Waals surface area contributed by atoms with Gasteiger partial charge < -0.3 is 5.73 Å². The molecule has 0 radical (unpaired) electrons. The number of aromatic nitrogens is 3. The first kappa shape index (κ1) is 12.7. The second-order valence-corrected chi connectivity index (χ2v) is 6.02. The molecular formula is C16H18N4. The van der Waals surface area contributed by atoms with Gasteiger partial charge in [0.05, 0.1) is 0 Å². The molecule has 0 bridgehead atoms. The van der Waals surface area contributed by atoms with Crippen LogP contribution in [0.1, 0.15) is 26.3 Å². The Hall–Kier alpha value is -2.36. The summed E-state index contributed by atoms with van der Waals surface area (Å²) in [5, 5.41) is 4.08. The van der Waals surface area contributed by atoms with Crippen LogP contribution in [0.3, 0.4) is 0 Å². The van der Waals surface area contributed by atoms with E-state index in [-0.39, 0.29) is 5.41 Å². The number of hydrogen-bond donors (Lipinski definition) is 1. The third-order valence-electron chi connectivity index (χ3n) is 3.44. The number of nitrogen functional groups attached to an aromatic ring is 1. The number of hydrogen-bond acceptors (Lipinski definition) is 3. The lowest BCUT2D eigenvalue weighted by atomic mass is 9.86. The first-order valence-electron chi connectivity index (χ1n) is 6.66. The van der Waals surface area contributed by atoms with Gasteiger partial charge in [-0.05, 0) is 34.2 Å². The van der Waals surface area contributed by atoms with Gasteiger partial charge in [-0.3, -0.25) is 0 Å². The van der Waals surface area contributed by atoms with Gasteiger partial charge in [0.15, 0.2) is 5.65 Å². The number of nitrogens with two attached hydrogens (primary N) is 1. The van der Waals surface area contributed by atoms with Crippen LogP contribution in [0.4, 0.5) is 5.95 Å². The Balaban J connectivity index is 2.02. The number of pyridine rings is 1. The van der Waals surface area contributed by atoms with Crippen molar-refractivity contribution in [1.29, 1.82) is 0 Å². The largest absolute Gasteiger partial charge is 0.366 e. The molecule has 0 spiro atoms. The molecule has 102 valence electrons. The third kappa shape index (κ3) is 2.25. The molecule has 0 atom stereocenters. The molecule has 0 saturated heterocycles. The van der Waals surface area contributed by atoms with Crippen molar-refractivity contribution in [2.45, 2.75) is 26.2 Å². The molecule has 1 aromatic carbocycles. The van der Waals surface area contributed by atoms with Crippen LogP contribution in [0.2, 0.25) is 0 Å². The third-order valence-corrected chi connectivity index (χ3v) is 3.44. The molecule has 4 heteroatoms. The van der Waals surface area contributed by atoms with E-state index in [1.165, 1.54) is 11.1 Å². The lowest BCUT2D eigenvalue weighted by molar-refractivity contribution is 0.590. The Labute approximate surface area is 118 Å². The maximum Gasteiger partial charge on any atom is 0.240 e. The number of anilines is 1. The van der Waals surface area contributed by atoms with Gasteiger partial charge in [-0.2, -0.15) is 4.98 Å². The Morgan fingerprint density at radius 2 is 1.70 bits per heavy atom. The average molecular weight is 266 g/mol. The van der Waals surface area contributed by atoms with Gasteiger partial charge in [0.2, 0.25) is 5.95 Å². The average Bonchev–Trinajstić information content (AvgIpc) is 2.77. The zero-order valence-electron chi connectivity index (χ0n) is 12.0. The molecule has 2 aromatic heterocycles. The summed E-state index contributed by atoms with van der Waals surface area (Å²) in [6.07, 6.45) is 1.88. The zero-order valence-corrected chi connectivity index (χ0v) is 12.0. The first-order valence-corrected chi connectivity index (χ1v) is 6.66. The van der Waals surface area contributed by atoms with Crippen LogP contribution in [-0.4, -0.2) is 14.6 Å². The van der Waals surface area contributed by atoms with Crippen LogP contribution in [0.5, 0.6) is 0 Å². The summed E-state index contributed by atoms with van der Waals surface area (Å²) in [5.41, 5.74) is 10.2. The Bertz CT molecular complexity index is 748. The van der Waals surface area contributed by atoms with Crippen molar-refractivity contribution >= 4 is 11.6 Å². The zero-order chi connectivity index (χ0) is 14.3. The molecule has 0 amide bonds. The van der Waals surface area contributed by atoms with Crippen LogP contribution >= 0.6 is 0 Å². The quantitative estimate of drug-likeness (QED) is 0.735. The normalized spacial score (nSPS) is 11.9. The van der Waals surface area contributed by atoms with Crippen molar-refractivity contribution in [2.24, 2.45) is 0 Å². The SMILES string of the molecule is CC(C)(C)c1ccc(-c2ccn3nc(N)nc3c2)cc1. The van der Waals surface area contributed by atoms with Crippen molar-refractivity contribution in [3.63, 3.8) is 0 Å². The second kappa shape index (κ2) is 4.34. The summed E-state index contributed by atoms with van der Waals surface area (Å²) in [4.78, 5) is 4.19. The van der Waals surface area contributed by atoms with Gasteiger partial charge in [-0.15, -0.1) is 5.10 Å². The van der Waals surface area contributed by atoms with E-state index in [1.54, 1.807) is 4.52 Å².